The highest BCUT2D eigenvalue weighted by atomic mass is 16.4. The van der Waals surface area contributed by atoms with E-state index in [9.17, 15) is 9.59 Å². The molecule has 1 saturated heterocycles. The van der Waals surface area contributed by atoms with Gasteiger partial charge in [0, 0.05) is 17.6 Å². The van der Waals surface area contributed by atoms with E-state index in [4.69, 9.17) is 5.11 Å². The first kappa shape index (κ1) is 13.6. The molecule has 0 spiro atoms. The number of carbonyl (C=O) groups is 2. The van der Waals surface area contributed by atoms with Gasteiger partial charge in [-0.05, 0) is 51.3 Å². The van der Waals surface area contributed by atoms with Gasteiger partial charge in [-0.15, -0.1) is 0 Å². The summed E-state index contributed by atoms with van der Waals surface area (Å²) in [4.78, 5) is 25.4. The van der Waals surface area contributed by atoms with E-state index >= 15 is 0 Å². The fourth-order valence-corrected chi connectivity index (χ4v) is 2.76. The minimum absolute atomic E-state index is 0.0669. The first-order valence-electron chi connectivity index (χ1n) is 6.66. The van der Waals surface area contributed by atoms with Crippen LogP contribution < -0.4 is 0 Å². The van der Waals surface area contributed by atoms with Gasteiger partial charge in [0.05, 0.1) is 5.56 Å². The van der Waals surface area contributed by atoms with E-state index in [0.717, 1.165) is 19.3 Å². The molecule has 4 heteroatoms. The second kappa shape index (κ2) is 5.43. The molecule has 1 heterocycles. The molecule has 0 unspecified atom stereocenters. The molecule has 1 aromatic rings. The quantitative estimate of drug-likeness (QED) is 0.890. The van der Waals surface area contributed by atoms with Crippen LogP contribution in [0.1, 0.15) is 53.8 Å². The summed E-state index contributed by atoms with van der Waals surface area (Å²) in [6, 6.07) is 6.69. The van der Waals surface area contributed by atoms with Gasteiger partial charge in [0.25, 0.3) is 5.91 Å². The Morgan fingerprint density at radius 1 is 1.16 bits per heavy atom. The van der Waals surface area contributed by atoms with Crippen LogP contribution in [0, 0.1) is 0 Å². The molecular weight excluding hydrogens is 242 g/mol. The molecule has 1 fully saturated rings. The van der Waals surface area contributed by atoms with Crippen molar-refractivity contribution in [2.24, 2.45) is 0 Å². The number of carbonyl (C=O) groups excluding carboxylic acids is 1. The predicted molar refractivity (Wildman–Crippen MR) is 72.3 cm³/mol. The zero-order valence-electron chi connectivity index (χ0n) is 11.3. The zero-order valence-corrected chi connectivity index (χ0v) is 11.3. The number of piperidine rings is 1. The maximum Gasteiger partial charge on any atom is 0.335 e. The molecule has 2 atom stereocenters. The van der Waals surface area contributed by atoms with E-state index < -0.39 is 5.97 Å². The minimum atomic E-state index is -1.01. The van der Waals surface area contributed by atoms with Crippen LogP contribution in [-0.4, -0.2) is 34.0 Å². The van der Waals surface area contributed by atoms with Gasteiger partial charge in [-0.2, -0.15) is 0 Å². The van der Waals surface area contributed by atoms with Crippen molar-refractivity contribution in [1.82, 2.24) is 4.90 Å². The molecule has 1 aliphatic rings. The van der Waals surface area contributed by atoms with Crippen molar-refractivity contribution in [1.29, 1.82) is 0 Å². The van der Waals surface area contributed by atoms with Gasteiger partial charge in [-0.1, -0.05) is 6.07 Å². The molecule has 0 bridgehead atoms. The molecule has 1 aromatic carbocycles. The topological polar surface area (TPSA) is 57.6 Å². The SMILES string of the molecule is C[C@@H]1CCC[C@H](C)N1C(=O)c1cccc(C(=O)O)c1. The van der Waals surface area contributed by atoms with E-state index in [2.05, 4.69) is 13.8 Å². The molecule has 0 aromatic heterocycles. The maximum atomic E-state index is 12.5. The van der Waals surface area contributed by atoms with Crippen LogP contribution in [0.3, 0.4) is 0 Å². The van der Waals surface area contributed by atoms with E-state index in [1.54, 1.807) is 12.1 Å². The highest BCUT2D eigenvalue weighted by Crippen LogP contribution is 2.24. The summed E-state index contributed by atoms with van der Waals surface area (Å²) < 4.78 is 0. The number of rotatable bonds is 2. The van der Waals surface area contributed by atoms with Crippen LogP contribution in [-0.2, 0) is 0 Å². The largest absolute Gasteiger partial charge is 0.478 e. The number of benzene rings is 1. The summed E-state index contributed by atoms with van der Waals surface area (Å²) in [5.41, 5.74) is 0.615. The summed E-state index contributed by atoms with van der Waals surface area (Å²) in [6.45, 7) is 4.10. The summed E-state index contributed by atoms with van der Waals surface area (Å²) in [7, 11) is 0. The Morgan fingerprint density at radius 3 is 2.32 bits per heavy atom. The smallest absolute Gasteiger partial charge is 0.335 e. The number of hydrogen-bond donors (Lipinski definition) is 1. The van der Waals surface area contributed by atoms with Crippen molar-refractivity contribution in [2.75, 3.05) is 0 Å². The lowest BCUT2D eigenvalue weighted by molar-refractivity contribution is 0.0511. The van der Waals surface area contributed by atoms with Crippen molar-refractivity contribution in [3.05, 3.63) is 35.4 Å². The Hall–Kier alpha value is -1.84. The molecule has 1 aliphatic heterocycles. The van der Waals surface area contributed by atoms with Crippen molar-refractivity contribution < 1.29 is 14.7 Å². The van der Waals surface area contributed by atoms with Crippen LogP contribution >= 0.6 is 0 Å². The number of aromatic carboxylic acids is 1. The van der Waals surface area contributed by atoms with Gasteiger partial charge < -0.3 is 10.0 Å². The molecule has 4 nitrogen and oxygen atoms in total. The van der Waals surface area contributed by atoms with Gasteiger partial charge in [-0.3, -0.25) is 4.79 Å². The minimum Gasteiger partial charge on any atom is -0.478 e. The first-order valence-corrected chi connectivity index (χ1v) is 6.66. The molecule has 19 heavy (non-hydrogen) atoms. The van der Waals surface area contributed by atoms with Crippen LogP contribution in [0.15, 0.2) is 24.3 Å². The molecule has 1 N–H and O–H groups in total. The molecule has 102 valence electrons. The second-order valence-corrected chi connectivity index (χ2v) is 5.23. The number of amides is 1. The Bertz CT molecular complexity index is 488. The third kappa shape index (κ3) is 2.78. The Morgan fingerprint density at radius 2 is 1.74 bits per heavy atom. The number of nitrogens with zero attached hydrogens (tertiary/aromatic N) is 1. The summed E-state index contributed by atoms with van der Waals surface area (Å²) in [5, 5.41) is 8.98. The number of carboxylic acid groups (broad SMARTS) is 1. The lowest BCUT2D eigenvalue weighted by Crippen LogP contribution is -2.47. The average molecular weight is 261 g/mol. The van der Waals surface area contributed by atoms with E-state index in [-0.39, 0.29) is 23.6 Å². The van der Waals surface area contributed by atoms with Crippen LogP contribution in [0.4, 0.5) is 0 Å². The summed E-state index contributed by atoms with van der Waals surface area (Å²) >= 11 is 0. The van der Waals surface area contributed by atoms with E-state index in [1.807, 2.05) is 4.90 Å². The Labute approximate surface area is 113 Å². The second-order valence-electron chi connectivity index (χ2n) is 5.23. The lowest BCUT2D eigenvalue weighted by atomic mass is 9.96. The van der Waals surface area contributed by atoms with Crippen molar-refractivity contribution in [2.45, 2.75) is 45.2 Å². The van der Waals surface area contributed by atoms with Crippen molar-refractivity contribution in [3.63, 3.8) is 0 Å². The first-order chi connectivity index (χ1) is 9.00. The number of hydrogen-bond acceptors (Lipinski definition) is 2. The van der Waals surface area contributed by atoms with Crippen LogP contribution in [0.2, 0.25) is 0 Å². The standard InChI is InChI=1S/C15H19NO3/c1-10-5-3-6-11(2)16(10)14(17)12-7-4-8-13(9-12)15(18)19/h4,7-11H,3,5-6H2,1-2H3,(H,18,19)/t10-,11+. The van der Waals surface area contributed by atoms with Gasteiger partial charge in [0.2, 0.25) is 0 Å². The fraction of sp³-hybridized carbons (Fsp3) is 0.467. The average Bonchev–Trinajstić information content (AvgIpc) is 2.38. The van der Waals surface area contributed by atoms with Gasteiger partial charge >= 0.3 is 5.97 Å². The highest BCUT2D eigenvalue weighted by Gasteiger charge is 2.29. The van der Waals surface area contributed by atoms with E-state index in [1.165, 1.54) is 12.1 Å². The highest BCUT2D eigenvalue weighted by molar-refractivity contribution is 5.97. The van der Waals surface area contributed by atoms with Crippen LogP contribution in [0.25, 0.3) is 0 Å². The third-order valence-electron chi connectivity index (χ3n) is 3.78. The molecule has 2 rings (SSSR count). The summed E-state index contributed by atoms with van der Waals surface area (Å²) in [6.07, 6.45) is 3.16. The number of carboxylic acids is 1. The molecule has 1 amide bonds. The Balaban J connectivity index is 2.27. The normalized spacial score (nSPS) is 23.2. The summed E-state index contributed by atoms with van der Waals surface area (Å²) in [5.74, 6) is -1.07. The zero-order chi connectivity index (χ0) is 14.0. The molecular formula is C15H19NO3. The van der Waals surface area contributed by atoms with Gasteiger partial charge in [-0.25, -0.2) is 4.79 Å². The van der Waals surface area contributed by atoms with Gasteiger partial charge in [0.15, 0.2) is 0 Å². The van der Waals surface area contributed by atoms with E-state index in [0.29, 0.717) is 5.56 Å². The predicted octanol–water partition coefficient (Wildman–Crippen LogP) is 2.79. The van der Waals surface area contributed by atoms with Gasteiger partial charge in [0.1, 0.15) is 0 Å². The monoisotopic (exact) mass is 261 g/mol. The Kier molecular flexibility index (Phi) is 3.88. The molecule has 0 radical (unpaired) electrons. The fourth-order valence-electron chi connectivity index (χ4n) is 2.76. The van der Waals surface area contributed by atoms with Crippen molar-refractivity contribution in [3.8, 4) is 0 Å². The van der Waals surface area contributed by atoms with Crippen LogP contribution in [0.5, 0.6) is 0 Å². The molecule has 0 aliphatic carbocycles. The number of likely N-dealkylation sites (tertiary alicyclic amines) is 1. The lowest BCUT2D eigenvalue weighted by Gasteiger charge is -2.39. The van der Waals surface area contributed by atoms with Crippen molar-refractivity contribution >= 4 is 11.9 Å². The third-order valence-corrected chi connectivity index (χ3v) is 3.78. The maximum absolute atomic E-state index is 12.5. The molecule has 0 saturated carbocycles.